The number of esters is 1. The lowest BCUT2D eigenvalue weighted by Crippen LogP contribution is -2.38. The zero-order valence-electron chi connectivity index (χ0n) is 12.6. The highest BCUT2D eigenvalue weighted by Crippen LogP contribution is 2.35. The average molecular weight is 318 g/mol. The van der Waals surface area contributed by atoms with E-state index in [1.165, 1.54) is 20.3 Å². The highest BCUT2D eigenvalue weighted by Gasteiger charge is 2.41. The highest BCUT2D eigenvalue weighted by atomic mass is 35.5. The maximum atomic E-state index is 12.1. The highest BCUT2D eigenvalue weighted by molar-refractivity contribution is 6.29. The van der Waals surface area contributed by atoms with Crippen LogP contribution in [0.15, 0.2) is 6.07 Å². The predicted octanol–water partition coefficient (Wildman–Crippen LogP) is 2.05. The van der Waals surface area contributed by atoms with Crippen LogP contribution in [-0.4, -0.2) is 36.9 Å². The minimum Gasteiger partial charge on any atom is -0.481 e. The summed E-state index contributed by atoms with van der Waals surface area (Å²) in [4.78, 5) is 16.2. The maximum absolute atomic E-state index is 12.1. The molecule has 1 N–H and O–H groups in total. The molecule has 0 aromatic carbocycles. The van der Waals surface area contributed by atoms with Gasteiger partial charge in [0.1, 0.15) is 5.15 Å². The fourth-order valence-electron chi connectivity index (χ4n) is 2.04. The summed E-state index contributed by atoms with van der Waals surface area (Å²) in [5, 5.41) is 10.9. The standard InChI is InChI=1S/C14H20ClNO5/c1-5-14(18,13(17)21-6-2)10-7-11(15)16-12(20-4)9(10)8-19-3/h7,18H,5-6,8H2,1-4H3/t14-/m0/s1. The summed E-state index contributed by atoms with van der Waals surface area (Å²) in [6.07, 6.45) is 0.117. The van der Waals surface area contributed by atoms with Crippen molar-refractivity contribution in [2.75, 3.05) is 20.8 Å². The zero-order chi connectivity index (χ0) is 16.0. The van der Waals surface area contributed by atoms with Crippen LogP contribution in [0.2, 0.25) is 5.15 Å². The van der Waals surface area contributed by atoms with E-state index in [9.17, 15) is 9.90 Å². The number of halogens is 1. The monoisotopic (exact) mass is 317 g/mol. The summed E-state index contributed by atoms with van der Waals surface area (Å²) in [5.74, 6) is -0.537. The number of ether oxygens (including phenoxy) is 3. The van der Waals surface area contributed by atoms with Gasteiger partial charge in [-0.15, -0.1) is 0 Å². The van der Waals surface area contributed by atoms with Gasteiger partial charge in [-0.05, 0) is 19.4 Å². The fraction of sp³-hybridized carbons (Fsp3) is 0.571. The third-order valence-corrected chi connectivity index (χ3v) is 3.30. The number of rotatable bonds is 7. The van der Waals surface area contributed by atoms with Crippen LogP contribution in [0.3, 0.4) is 0 Å². The minimum absolute atomic E-state index is 0.109. The third kappa shape index (κ3) is 3.64. The van der Waals surface area contributed by atoms with Gasteiger partial charge in [0, 0.05) is 18.2 Å². The minimum atomic E-state index is -1.83. The van der Waals surface area contributed by atoms with Crippen molar-refractivity contribution in [3.63, 3.8) is 0 Å². The van der Waals surface area contributed by atoms with E-state index in [1.54, 1.807) is 13.8 Å². The molecule has 118 valence electrons. The van der Waals surface area contributed by atoms with Crippen molar-refractivity contribution in [3.05, 3.63) is 22.3 Å². The quantitative estimate of drug-likeness (QED) is 0.612. The van der Waals surface area contributed by atoms with Gasteiger partial charge in [-0.2, -0.15) is 0 Å². The molecule has 1 atom stereocenters. The van der Waals surface area contributed by atoms with Crippen LogP contribution in [0.4, 0.5) is 0 Å². The van der Waals surface area contributed by atoms with Gasteiger partial charge in [0.2, 0.25) is 5.88 Å². The van der Waals surface area contributed by atoms with Gasteiger partial charge in [0.15, 0.2) is 5.60 Å². The second-order valence-corrected chi connectivity index (χ2v) is 4.73. The van der Waals surface area contributed by atoms with Crippen molar-refractivity contribution in [2.24, 2.45) is 0 Å². The van der Waals surface area contributed by atoms with Crippen LogP contribution in [-0.2, 0) is 26.5 Å². The SMILES string of the molecule is CCOC(=O)[C@](O)(CC)c1cc(Cl)nc(OC)c1COC. The molecule has 21 heavy (non-hydrogen) atoms. The van der Waals surface area contributed by atoms with E-state index in [-0.39, 0.29) is 36.2 Å². The lowest BCUT2D eigenvalue weighted by Gasteiger charge is -2.27. The number of pyridine rings is 1. The van der Waals surface area contributed by atoms with E-state index in [4.69, 9.17) is 25.8 Å². The normalized spacial score (nSPS) is 13.6. The van der Waals surface area contributed by atoms with Gasteiger partial charge >= 0.3 is 5.97 Å². The van der Waals surface area contributed by atoms with E-state index >= 15 is 0 Å². The Morgan fingerprint density at radius 3 is 2.57 bits per heavy atom. The van der Waals surface area contributed by atoms with Crippen LogP contribution in [0.5, 0.6) is 5.88 Å². The van der Waals surface area contributed by atoms with E-state index in [0.29, 0.717) is 5.56 Å². The van der Waals surface area contributed by atoms with Crippen LogP contribution in [0.1, 0.15) is 31.4 Å². The first-order valence-corrected chi connectivity index (χ1v) is 6.94. The summed E-state index contributed by atoms with van der Waals surface area (Å²) >= 11 is 5.95. The number of aliphatic hydroxyl groups is 1. The average Bonchev–Trinajstić information content (AvgIpc) is 2.48. The molecule has 7 heteroatoms. The van der Waals surface area contributed by atoms with Crippen molar-refractivity contribution in [1.29, 1.82) is 0 Å². The van der Waals surface area contributed by atoms with E-state index < -0.39 is 11.6 Å². The Hall–Kier alpha value is -1.37. The van der Waals surface area contributed by atoms with E-state index in [2.05, 4.69) is 4.98 Å². The molecule has 0 saturated heterocycles. The fourth-order valence-corrected chi connectivity index (χ4v) is 2.22. The predicted molar refractivity (Wildman–Crippen MR) is 77.3 cm³/mol. The molecule has 0 aliphatic heterocycles. The Bertz CT molecular complexity index is 508. The first-order valence-electron chi connectivity index (χ1n) is 6.56. The number of hydrogen-bond acceptors (Lipinski definition) is 6. The second kappa shape index (κ2) is 7.59. The van der Waals surface area contributed by atoms with Crippen LogP contribution >= 0.6 is 11.6 Å². The lowest BCUT2D eigenvalue weighted by molar-refractivity contribution is -0.166. The van der Waals surface area contributed by atoms with Gasteiger partial charge < -0.3 is 19.3 Å². The molecule has 1 rings (SSSR count). The Kier molecular flexibility index (Phi) is 6.39. The summed E-state index contributed by atoms with van der Waals surface area (Å²) in [7, 11) is 2.92. The molecule has 0 spiro atoms. The Morgan fingerprint density at radius 1 is 1.43 bits per heavy atom. The first-order chi connectivity index (χ1) is 9.94. The molecule has 0 unspecified atom stereocenters. The van der Waals surface area contributed by atoms with Gasteiger partial charge in [0.25, 0.3) is 0 Å². The summed E-state index contributed by atoms with van der Waals surface area (Å²) in [5.41, 5.74) is -1.09. The van der Waals surface area contributed by atoms with Crippen molar-refractivity contribution < 1.29 is 24.1 Å². The van der Waals surface area contributed by atoms with Crippen molar-refractivity contribution >= 4 is 17.6 Å². The summed E-state index contributed by atoms with van der Waals surface area (Å²) < 4.78 is 15.2. The number of carbonyl (C=O) groups excluding carboxylic acids is 1. The molecule has 0 bridgehead atoms. The maximum Gasteiger partial charge on any atom is 0.342 e. The molecule has 1 aromatic heterocycles. The Morgan fingerprint density at radius 2 is 2.10 bits per heavy atom. The van der Waals surface area contributed by atoms with Crippen molar-refractivity contribution in [3.8, 4) is 5.88 Å². The van der Waals surface area contributed by atoms with Gasteiger partial charge in [0.05, 0.1) is 20.3 Å². The van der Waals surface area contributed by atoms with Crippen LogP contribution < -0.4 is 4.74 Å². The molecule has 1 aromatic rings. The molecule has 0 fully saturated rings. The summed E-state index contributed by atoms with van der Waals surface area (Å²) in [6, 6.07) is 1.43. The molecule has 0 aliphatic carbocycles. The smallest absolute Gasteiger partial charge is 0.342 e. The van der Waals surface area contributed by atoms with Crippen molar-refractivity contribution in [1.82, 2.24) is 4.98 Å². The topological polar surface area (TPSA) is 77.9 Å². The molecule has 0 amide bonds. The van der Waals surface area contributed by atoms with Gasteiger partial charge in [-0.1, -0.05) is 18.5 Å². The lowest BCUT2D eigenvalue weighted by atomic mass is 9.88. The molecule has 0 saturated carbocycles. The van der Waals surface area contributed by atoms with Crippen LogP contribution in [0, 0.1) is 0 Å². The van der Waals surface area contributed by atoms with E-state index in [1.807, 2.05) is 0 Å². The molecule has 0 aliphatic rings. The number of carbonyl (C=O) groups is 1. The summed E-state index contributed by atoms with van der Waals surface area (Å²) in [6.45, 7) is 3.62. The Balaban J connectivity index is 3.49. The molecular weight excluding hydrogens is 298 g/mol. The van der Waals surface area contributed by atoms with Gasteiger partial charge in [-0.3, -0.25) is 0 Å². The van der Waals surface area contributed by atoms with Crippen LogP contribution in [0.25, 0.3) is 0 Å². The van der Waals surface area contributed by atoms with Crippen molar-refractivity contribution in [2.45, 2.75) is 32.5 Å². The Labute approximate surface area is 129 Å². The number of aromatic nitrogens is 1. The molecule has 6 nitrogen and oxygen atoms in total. The molecule has 1 heterocycles. The number of nitrogens with zero attached hydrogens (tertiary/aromatic N) is 1. The first kappa shape index (κ1) is 17.7. The molecular formula is C14H20ClNO5. The number of methoxy groups -OCH3 is 2. The third-order valence-electron chi connectivity index (χ3n) is 3.11. The van der Waals surface area contributed by atoms with E-state index in [0.717, 1.165) is 0 Å². The second-order valence-electron chi connectivity index (χ2n) is 4.35. The number of hydrogen-bond donors (Lipinski definition) is 1. The van der Waals surface area contributed by atoms with Gasteiger partial charge in [-0.25, -0.2) is 9.78 Å². The largest absolute Gasteiger partial charge is 0.481 e. The molecule has 0 radical (unpaired) electrons. The zero-order valence-corrected chi connectivity index (χ0v) is 13.4.